The van der Waals surface area contributed by atoms with Crippen LogP contribution in [-0.4, -0.2) is 14.5 Å². The molecule has 0 atom stereocenters. The minimum absolute atomic E-state index is 0.0852. The number of nitrogens with zero attached hydrogens (tertiary/aromatic N) is 4. The number of fused-ring (bicyclic) bond motifs is 1. The number of aryl methyl sites for hydroxylation is 1. The minimum Gasteiger partial charge on any atom is -0.324 e. The lowest BCUT2D eigenvalue weighted by molar-refractivity contribution is 0.749. The van der Waals surface area contributed by atoms with Gasteiger partial charge in [0.25, 0.3) is 5.56 Å². The first-order valence-electron chi connectivity index (χ1n) is 6.85. The third-order valence-electron chi connectivity index (χ3n) is 3.31. The summed E-state index contributed by atoms with van der Waals surface area (Å²) in [6.07, 6.45) is 1.68. The summed E-state index contributed by atoms with van der Waals surface area (Å²) in [6.45, 7) is 2.44. The summed E-state index contributed by atoms with van der Waals surface area (Å²) in [6, 6.07) is 12.3. The fourth-order valence-corrected chi connectivity index (χ4v) is 2.19. The molecule has 2 aromatic heterocycles. The van der Waals surface area contributed by atoms with Gasteiger partial charge in [0.05, 0.1) is 11.6 Å². The average Bonchev–Trinajstić information content (AvgIpc) is 2.55. The lowest BCUT2D eigenvalue weighted by Gasteiger charge is -2.09. The monoisotopic (exact) mass is 291 g/mol. The Morgan fingerprint density at radius 2 is 2.00 bits per heavy atom. The number of anilines is 2. The molecule has 0 saturated heterocycles. The first-order valence-corrected chi connectivity index (χ1v) is 6.85. The molecule has 22 heavy (non-hydrogen) atoms. The Balaban J connectivity index is 2.00. The summed E-state index contributed by atoms with van der Waals surface area (Å²) in [4.78, 5) is 20.5. The molecule has 6 heteroatoms. The molecule has 3 aromatic rings. The topological polar surface area (TPSA) is 83.6 Å². The molecule has 1 aromatic carbocycles. The summed E-state index contributed by atoms with van der Waals surface area (Å²) < 4.78 is 1.60. The van der Waals surface area contributed by atoms with Gasteiger partial charge >= 0.3 is 0 Å². The second-order valence-corrected chi connectivity index (χ2v) is 4.70. The van der Waals surface area contributed by atoms with Crippen LogP contribution in [0.4, 0.5) is 11.6 Å². The van der Waals surface area contributed by atoms with Crippen LogP contribution in [0.2, 0.25) is 0 Å². The van der Waals surface area contributed by atoms with Crippen molar-refractivity contribution in [2.45, 2.75) is 13.5 Å². The fourth-order valence-electron chi connectivity index (χ4n) is 2.19. The van der Waals surface area contributed by atoms with Gasteiger partial charge in [-0.15, -0.1) is 0 Å². The van der Waals surface area contributed by atoms with Crippen molar-refractivity contribution in [3.63, 3.8) is 0 Å². The Morgan fingerprint density at radius 1 is 1.23 bits per heavy atom. The molecule has 0 aliphatic carbocycles. The van der Waals surface area contributed by atoms with Crippen molar-refractivity contribution in [1.82, 2.24) is 14.5 Å². The number of rotatable bonds is 3. The highest BCUT2D eigenvalue weighted by molar-refractivity contribution is 5.75. The molecule has 0 bridgehead atoms. The van der Waals surface area contributed by atoms with Gasteiger partial charge in [0.1, 0.15) is 5.65 Å². The standard InChI is InChI=1S/C16H13N5O/c1-2-21-14(22)8-5-12-10-18-16(20-15(12)21)19-13-6-3-11(9-17)4-7-13/h3-8,10H,2H2,1H3,(H,18,19,20). The van der Waals surface area contributed by atoms with Crippen molar-refractivity contribution in [2.75, 3.05) is 5.32 Å². The van der Waals surface area contributed by atoms with E-state index in [2.05, 4.69) is 21.4 Å². The van der Waals surface area contributed by atoms with Crippen molar-refractivity contribution in [3.8, 4) is 6.07 Å². The number of hydrogen-bond donors (Lipinski definition) is 1. The van der Waals surface area contributed by atoms with E-state index in [-0.39, 0.29) is 5.56 Å². The lowest BCUT2D eigenvalue weighted by atomic mass is 10.2. The van der Waals surface area contributed by atoms with Crippen LogP contribution < -0.4 is 10.9 Å². The molecule has 0 amide bonds. The van der Waals surface area contributed by atoms with Crippen molar-refractivity contribution in [1.29, 1.82) is 5.26 Å². The number of nitriles is 1. The van der Waals surface area contributed by atoms with E-state index in [1.807, 2.05) is 6.92 Å². The fraction of sp³-hybridized carbons (Fsp3) is 0.125. The van der Waals surface area contributed by atoms with Gasteiger partial charge in [0, 0.05) is 29.9 Å². The molecule has 0 fully saturated rings. The number of aromatic nitrogens is 3. The van der Waals surface area contributed by atoms with Crippen LogP contribution in [0.15, 0.2) is 47.4 Å². The molecule has 0 saturated carbocycles. The van der Waals surface area contributed by atoms with Gasteiger partial charge in [-0.1, -0.05) is 0 Å². The smallest absolute Gasteiger partial charge is 0.252 e. The molecule has 0 spiro atoms. The maximum Gasteiger partial charge on any atom is 0.252 e. The quantitative estimate of drug-likeness (QED) is 0.801. The summed E-state index contributed by atoms with van der Waals surface area (Å²) in [5, 5.41) is 12.7. The molecule has 108 valence electrons. The summed E-state index contributed by atoms with van der Waals surface area (Å²) in [5.41, 5.74) is 1.88. The normalized spacial score (nSPS) is 10.4. The Labute approximate surface area is 126 Å². The van der Waals surface area contributed by atoms with E-state index in [0.29, 0.717) is 23.7 Å². The highest BCUT2D eigenvalue weighted by Gasteiger charge is 2.06. The third kappa shape index (κ3) is 2.52. The van der Waals surface area contributed by atoms with E-state index in [9.17, 15) is 4.79 Å². The van der Waals surface area contributed by atoms with Gasteiger partial charge in [0.2, 0.25) is 5.95 Å². The zero-order chi connectivity index (χ0) is 15.5. The van der Waals surface area contributed by atoms with E-state index in [1.165, 1.54) is 6.07 Å². The van der Waals surface area contributed by atoms with Gasteiger partial charge in [-0.05, 0) is 37.3 Å². The first kappa shape index (κ1) is 13.8. The minimum atomic E-state index is -0.0852. The van der Waals surface area contributed by atoms with Crippen LogP contribution in [0.3, 0.4) is 0 Å². The first-order chi connectivity index (χ1) is 10.7. The van der Waals surface area contributed by atoms with Crippen LogP contribution in [0.5, 0.6) is 0 Å². The summed E-state index contributed by atoms with van der Waals surface area (Å²) >= 11 is 0. The highest BCUT2D eigenvalue weighted by atomic mass is 16.1. The van der Waals surface area contributed by atoms with Crippen molar-refractivity contribution >= 4 is 22.7 Å². The SMILES string of the molecule is CCn1c(=O)ccc2cnc(Nc3ccc(C#N)cc3)nc21. The molecular formula is C16H13N5O. The molecule has 1 N–H and O–H groups in total. The maximum atomic E-state index is 11.9. The number of hydrogen-bond acceptors (Lipinski definition) is 5. The Morgan fingerprint density at radius 3 is 2.68 bits per heavy atom. The lowest BCUT2D eigenvalue weighted by Crippen LogP contribution is -2.19. The number of benzene rings is 1. The second-order valence-electron chi connectivity index (χ2n) is 4.70. The molecule has 6 nitrogen and oxygen atoms in total. The number of nitrogens with one attached hydrogen (secondary N) is 1. The molecule has 0 radical (unpaired) electrons. The van der Waals surface area contributed by atoms with Crippen molar-refractivity contribution in [3.05, 3.63) is 58.5 Å². The van der Waals surface area contributed by atoms with Gasteiger partial charge < -0.3 is 5.32 Å². The zero-order valence-corrected chi connectivity index (χ0v) is 11.9. The van der Waals surface area contributed by atoms with Crippen LogP contribution in [0.25, 0.3) is 11.0 Å². The Hall–Kier alpha value is -3.20. The van der Waals surface area contributed by atoms with Crippen molar-refractivity contribution in [2.24, 2.45) is 0 Å². The Bertz CT molecular complexity index is 922. The summed E-state index contributed by atoms with van der Waals surface area (Å²) in [7, 11) is 0. The van der Waals surface area contributed by atoms with E-state index >= 15 is 0 Å². The van der Waals surface area contributed by atoms with Gasteiger partial charge in [-0.25, -0.2) is 4.98 Å². The van der Waals surface area contributed by atoms with Gasteiger partial charge in [-0.2, -0.15) is 10.2 Å². The van der Waals surface area contributed by atoms with Crippen LogP contribution in [0.1, 0.15) is 12.5 Å². The van der Waals surface area contributed by atoms with E-state index in [1.54, 1.807) is 41.1 Å². The largest absolute Gasteiger partial charge is 0.324 e. The van der Waals surface area contributed by atoms with E-state index < -0.39 is 0 Å². The molecule has 0 unspecified atom stereocenters. The van der Waals surface area contributed by atoms with E-state index in [0.717, 1.165) is 11.1 Å². The average molecular weight is 291 g/mol. The van der Waals surface area contributed by atoms with Gasteiger partial charge in [-0.3, -0.25) is 9.36 Å². The van der Waals surface area contributed by atoms with Crippen LogP contribution in [-0.2, 0) is 6.54 Å². The third-order valence-corrected chi connectivity index (χ3v) is 3.31. The van der Waals surface area contributed by atoms with Crippen LogP contribution >= 0.6 is 0 Å². The maximum absolute atomic E-state index is 11.9. The second kappa shape index (κ2) is 5.66. The Kier molecular flexibility index (Phi) is 3.54. The number of pyridine rings is 1. The predicted octanol–water partition coefficient (Wildman–Crippen LogP) is 2.43. The zero-order valence-electron chi connectivity index (χ0n) is 11.9. The molecule has 3 rings (SSSR count). The van der Waals surface area contributed by atoms with Crippen molar-refractivity contribution < 1.29 is 0 Å². The molecular weight excluding hydrogens is 278 g/mol. The summed E-state index contributed by atoms with van der Waals surface area (Å²) in [5.74, 6) is 0.407. The molecule has 2 heterocycles. The van der Waals surface area contributed by atoms with Crippen LogP contribution in [0, 0.1) is 11.3 Å². The molecule has 0 aliphatic rings. The molecule has 0 aliphatic heterocycles. The van der Waals surface area contributed by atoms with Gasteiger partial charge in [0.15, 0.2) is 0 Å². The predicted molar refractivity (Wildman–Crippen MR) is 83.9 cm³/mol. The van der Waals surface area contributed by atoms with E-state index in [4.69, 9.17) is 5.26 Å². The highest BCUT2D eigenvalue weighted by Crippen LogP contribution is 2.16.